The summed E-state index contributed by atoms with van der Waals surface area (Å²) in [6.45, 7) is 6.35. The highest BCUT2D eigenvalue weighted by atomic mass is 16.6. The first kappa shape index (κ1) is 14.9. The van der Waals surface area contributed by atoms with Gasteiger partial charge in [-0.25, -0.2) is 4.79 Å². The first-order chi connectivity index (χ1) is 10.7. The van der Waals surface area contributed by atoms with E-state index in [0.29, 0.717) is 18.3 Å². The molecule has 1 fully saturated rings. The minimum atomic E-state index is -0.211. The summed E-state index contributed by atoms with van der Waals surface area (Å²) >= 11 is 0. The zero-order chi connectivity index (χ0) is 15.5. The predicted octanol–water partition coefficient (Wildman–Crippen LogP) is 1.19. The van der Waals surface area contributed by atoms with E-state index in [2.05, 4.69) is 16.1 Å². The van der Waals surface area contributed by atoms with Crippen LogP contribution in [-0.4, -0.2) is 58.0 Å². The Labute approximate surface area is 130 Å². The van der Waals surface area contributed by atoms with Gasteiger partial charge in [0.05, 0.1) is 12.3 Å². The minimum Gasteiger partial charge on any atom is -0.450 e. The molecule has 7 nitrogen and oxygen atoms in total. The third-order valence-corrected chi connectivity index (χ3v) is 4.36. The van der Waals surface area contributed by atoms with Gasteiger partial charge in [-0.2, -0.15) is 10.4 Å². The van der Waals surface area contributed by atoms with Gasteiger partial charge in [-0.3, -0.25) is 9.58 Å². The molecule has 0 aliphatic carbocycles. The Bertz CT molecular complexity index is 591. The number of nitrogens with zero attached hydrogens (tertiary/aromatic N) is 5. The minimum absolute atomic E-state index is 0.211. The number of ether oxygens (including phenoxy) is 1. The fourth-order valence-electron chi connectivity index (χ4n) is 3.27. The fourth-order valence-corrected chi connectivity index (χ4v) is 3.27. The summed E-state index contributed by atoms with van der Waals surface area (Å²) in [5.41, 5.74) is 1.57. The van der Waals surface area contributed by atoms with Gasteiger partial charge in [0.1, 0.15) is 6.07 Å². The molecule has 1 aromatic heterocycles. The number of likely N-dealkylation sites (tertiary alicyclic amines) is 1. The van der Waals surface area contributed by atoms with E-state index in [1.807, 2.05) is 17.7 Å². The summed E-state index contributed by atoms with van der Waals surface area (Å²) < 4.78 is 7.02. The molecule has 0 radical (unpaired) electrons. The molecule has 0 bridgehead atoms. The molecule has 0 spiro atoms. The number of aromatic nitrogens is 2. The van der Waals surface area contributed by atoms with Gasteiger partial charge < -0.3 is 9.64 Å². The van der Waals surface area contributed by atoms with Crippen molar-refractivity contribution in [1.29, 1.82) is 5.26 Å². The van der Waals surface area contributed by atoms with Gasteiger partial charge in [0.15, 0.2) is 5.69 Å². The predicted molar refractivity (Wildman–Crippen MR) is 79.0 cm³/mol. The van der Waals surface area contributed by atoms with Crippen LogP contribution in [-0.2, 0) is 17.8 Å². The van der Waals surface area contributed by atoms with Crippen molar-refractivity contribution in [3.8, 4) is 6.07 Å². The van der Waals surface area contributed by atoms with E-state index < -0.39 is 0 Å². The van der Waals surface area contributed by atoms with Crippen molar-refractivity contribution in [2.75, 3.05) is 26.2 Å². The second kappa shape index (κ2) is 6.36. The molecular formula is C15H21N5O2. The molecule has 1 atom stereocenters. The monoisotopic (exact) mass is 303 g/mol. The van der Waals surface area contributed by atoms with Gasteiger partial charge in [0.2, 0.25) is 0 Å². The third kappa shape index (κ3) is 2.92. The summed E-state index contributed by atoms with van der Waals surface area (Å²) in [6, 6.07) is 4.33. The quantitative estimate of drug-likeness (QED) is 0.820. The molecule has 2 aliphatic rings. The lowest BCUT2D eigenvalue weighted by molar-refractivity contribution is 0.110. The topological polar surface area (TPSA) is 74.4 Å². The molecule has 0 aromatic carbocycles. The van der Waals surface area contributed by atoms with Crippen molar-refractivity contribution in [2.24, 2.45) is 0 Å². The molecule has 3 heterocycles. The highest BCUT2D eigenvalue weighted by Crippen LogP contribution is 2.22. The number of carbonyl (C=O) groups excluding carboxylic acids is 1. The number of fused-ring (bicyclic) bond motifs is 1. The van der Waals surface area contributed by atoms with Crippen LogP contribution >= 0.6 is 0 Å². The van der Waals surface area contributed by atoms with Crippen molar-refractivity contribution >= 4 is 6.09 Å². The standard InChI is InChI=1S/C15H21N5O2/c1-2-22-15(21)19-7-4-13(10-19)18-5-3-6-20-14(11-18)8-12(9-16)17-20/h8,13H,2-7,10-11H2,1H3. The van der Waals surface area contributed by atoms with Crippen LogP contribution in [0.1, 0.15) is 31.2 Å². The number of rotatable bonds is 2. The van der Waals surface area contributed by atoms with E-state index in [4.69, 9.17) is 10.00 Å². The number of hydrogen-bond donors (Lipinski definition) is 0. The van der Waals surface area contributed by atoms with E-state index >= 15 is 0 Å². The van der Waals surface area contributed by atoms with Crippen LogP contribution in [0.4, 0.5) is 4.79 Å². The lowest BCUT2D eigenvalue weighted by Gasteiger charge is -2.26. The van der Waals surface area contributed by atoms with Gasteiger partial charge in [-0.15, -0.1) is 0 Å². The summed E-state index contributed by atoms with van der Waals surface area (Å²) in [5, 5.41) is 13.3. The van der Waals surface area contributed by atoms with Crippen LogP contribution < -0.4 is 0 Å². The Morgan fingerprint density at radius 3 is 3.14 bits per heavy atom. The highest BCUT2D eigenvalue weighted by Gasteiger charge is 2.32. The molecule has 118 valence electrons. The second-order valence-electron chi connectivity index (χ2n) is 5.77. The maximum atomic E-state index is 11.8. The molecule has 0 N–H and O–H groups in total. The maximum absolute atomic E-state index is 11.8. The molecule has 1 amide bonds. The number of carbonyl (C=O) groups is 1. The molecule has 0 saturated carbocycles. The molecule has 3 rings (SSSR count). The smallest absolute Gasteiger partial charge is 0.409 e. The fraction of sp³-hybridized carbons (Fsp3) is 0.667. The van der Waals surface area contributed by atoms with E-state index in [0.717, 1.165) is 51.3 Å². The average Bonchev–Trinajstić information content (AvgIpc) is 3.10. The maximum Gasteiger partial charge on any atom is 0.409 e. The lowest BCUT2D eigenvalue weighted by atomic mass is 10.2. The van der Waals surface area contributed by atoms with Gasteiger partial charge in [0, 0.05) is 38.8 Å². The number of hydrogen-bond acceptors (Lipinski definition) is 5. The zero-order valence-electron chi connectivity index (χ0n) is 12.9. The van der Waals surface area contributed by atoms with Gasteiger partial charge >= 0.3 is 6.09 Å². The Kier molecular flexibility index (Phi) is 4.29. The van der Waals surface area contributed by atoms with Gasteiger partial charge in [-0.05, 0) is 25.8 Å². The van der Waals surface area contributed by atoms with E-state index in [-0.39, 0.29) is 6.09 Å². The van der Waals surface area contributed by atoms with Crippen molar-refractivity contribution in [3.05, 3.63) is 17.5 Å². The molecule has 1 unspecified atom stereocenters. The normalized spacial score (nSPS) is 22.0. The van der Waals surface area contributed by atoms with Crippen molar-refractivity contribution in [3.63, 3.8) is 0 Å². The summed E-state index contributed by atoms with van der Waals surface area (Å²) in [6.07, 6.45) is 1.77. The Morgan fingerprint density at radius 1 is 1.50 bits per heavy atom. The SMILES string of the molecule is CCOC(=O)N1CCC(N2CCCn3nc(C#N)cc3C2)C1. The third-order valence-electron chi connectivity index (χ3n) is 4.36. The van der Waals surface area contributed by atoms with E-state index in [9.17, 15) is 4.79 Å². The van der Waals surface area contributed by atoms with Crippen molar-refractivity contribution in [1.82, 2.24) is 19.6 Å². The first-order valence-corrected chi connectivity index (χ1v) is 7.84. The van der Waals surface area contributed by atoms with Crippen LogP contribution in [0.2, 0.25) is 0 Å². The van der Waals surface area contributed by atoms with Crippen molar-refractivity contribution in [2.45, 2.75) is 38.9 Å². The summed E-state index contributed by atoms with van der Waals surface area (Å²) in [5.74, 6) is 0. The highest BCUT2D eigenvalue weighted by molar-refractivity contribution is 5.68. The van der Waals surface area contributed by atoms with E-state index in [1.165, 1.54) is 0 Å². The van der Waals surface area contributed by atoms with Crippen LogP contribution in [0.15, 0.2) is 6.07 Å². The zero-order valence-corrected chi connectivity index (χ0v) is 12.9. The van der Waals surface area contributed by atoms with Crippen LogP contribution in [0, 0.1) is 11.3 Å². The van der Waals surface area contributed by atoms with Gasteiger partial charge in [-0.1, -0.05) is 0 Å². The average molecular weight is 303 g/mol. The van der Waals surface area contributed by atoms with Crippen LogP contribution in [0.3, 0.4) is 0 Å². The van der Waals surface area contributed by atoms with Gasteiger partial charge in [0.25, 0.3) is 0 Å². The lowest BCUT2D eigenvalue weighted by Crippen LogP contribution is -2.38. The Hall–Kier alpha value is -2.07. The largest absolute Gasteiger partial charge is 0.450 e. The first-order valence-electron chi connectivity index (χ1n) is 7.84. The molecule has 22 heavy (non-hydrogen) atoms. The molecular weight excluding hydrogens is 282 g/mol. The van der Waals surface area contributed by atoms with Crippen LogP contribution in [0.25, 0.3) is 0 Å². The molecule has 1 aromatic rings. The summed E-state index contributed by atoms with van der Waals surface area (Å²) in [7, 11) is 0. The molecule has 7 heteroatoms. The second-order valence-corrected chi connectivity index (χ2v) is 5.77. The Balaban J connectivity index is 1.66. The molecule has 2 aliphatic heterocycles. The number of aryl methyl sites for hydroxylation is 1. The van der Waals surface area contributed by atoms with E-state index in [1.54, 1.807) is 4.90 Å². The Morgan fingerprint density at radius 2 is 2.36 bits per heavy atom. The van der Waals surface area contributed by atoms with Crippen molar-refractivity contribution < 1.29 is 9.53 Å². The molecule has 1 saturated heterocycles. The number of amides is 1. The number of nitriles is 1. The van der Waals surface area contributed by atoms with Crippen LogP contribution in [0.5, 0.6) is 0 Å². The summed E-state index contributed by atoms with van der Waals surface area (Å²) in [4.78, 5) is 16.0.